The molecule has 218 valence electrons. The van der Waals surface area contributed by atoms with Gasteiger partial charge >= 0.3 is 0 Å². The maximum Gasteiger partial charge on any atom is 0.253 e. The van der Waals surface area contributed by atoms with Gasteiger partial charge < -0.3 is 30.9 Å². The van der Waals surface area contributed by atoms with E-state index in [0.29, 0.717) is 72.9 Å². The highest BCUT2D eigenvalue weighted by Gasteiger charge is 2.43. The predicted octanol–water partition coefficient (Wildman–Crippen LogP) is 4.10. The van der Waals surface area contributed by atoms with Crippen molar-refractivity contribution in [3.63, 3.8) is 0 Å². The van der Waals surface area contributed by atoms with Crippen LogP contribution < -0.4 is 15.8 Å². The number of aliphatic hydroxyl groups is 2. The van der Waals surface area contributed by atoms with Gasteiger partial charge in [0.05, 0.1) is 12.7 Å². The monoisotopic (exact) mass is 579 g/mol. The second kappa shape index (κ2) is 14.0. The van der Waals surface area contributed by atoms with Crippen LogP contribution in [0, 0.1) is 5.92 Å². The summed E-state index contributed by atoms with van der Waals surface area (Å²) in [5.41, 5.74) is 8.06. The summed E-state index contributed by atoms with van der Waals surface area (Å²) in [5, 5.41) is 24.9. The quantitative estimate of drug-likeness (QED) is 0.253. The largest absolute Gasteiger partial charge is 0.497 e. The number of piperidine rings is 1. The summed E-state index contributed by atoms with van der Waals surface area (Å²) in [7, 11) is 1.60. The molecule has 1 saturated heterocycles. The highest BCUT2D eigenvalue weighted by Crippen LogP contribution is 2.46. The lowest BCUT2D eigenvalue weighted by Gasteiger charge is -2.44. The number of hydrogen-bond acceptors (Lipinski definition) is 6. The van der Waals surface area contributed by atoms with Gasteiger partial charge in [0.2, 0.25) is 5.91 Å². The summed E-state index contributed by atoms with van der Waals surface area (Å²) in [6.45, 7) is 1.06. The topological polar surface area (TPSA) is 125 Å². The van der Waals surface area contributed by atoms with Crippen molar-refractivity contribution < 1.29 is 24.5 Å². The van der Waals surface area contributed by atoms with Gasteiger partial charge in [0.15, 0.2) is 0 Å². The zero-order valence-electron chi connectivity index (χ0n) is 23.3. The van der Waals surface area contributed by atoms with Crippen LogP contribution in [-0.4, -0.2) is 60.3 Å². The smallest absolute Gasteiger partial charge is 0.253 e. The Kier molecular flexibility index (Phi) is 10.4. The number of rotatable bonds is 11. The lowest BCUT2D eigenvalue weighted by Crippen LogP contribution is -2.48. The number of likely N-dealkylation sites (tertiary alicyclic amines) is 1. The van der Waals surface area contributed by atoms with Crippen molar-refractivity contribution in [2.45, 2.75) is 37.8 Å². The van der Waals surface area contributed by atoms with Gasteiger partial charge in [0.25, 0.3) is 5.91 Å². The van der Waals surface area contributed by atoms with E-state index in [-0.39, 0.29) is 11.8 Å². The van der Waals surface area contributed by atoms with E-state index in [4.69, 9.17) is 27.2 Å². The number of nitrogens with two attached hydrogens (primary N) is 1. The molecule has 9 heteroatoms. The molecule has 4 rings (SSSR count). The summed E-state index contributed by atoms with van der Waals surface area (Å²) >= 11 is 6.80. The van der Waals surface area contributed by atoms with Crippen LogP contribution in [0.4, 0.5) is 0 Å². The Morgan fingerprint density at radius 2 is 1.90 bits per heavy atom. The van der Waals surface area contributed by atoms with Crippen LogP contribution in [0.1, 0.15) is 47.2 Å². The molecule has 3 aromatic rings. The van der Waals surface area contributed by atoms with Crippen molar-refractivity contribution in [3.8, 4) is 16.9 Å². The zero-order chi connectivity index (χ0) is 29.4. The summed E-state index contributed by atoms with van der Waals surface area (Å²) in [4.78, 5) is 26.9. The van der Waals surface area contributed by atoms with Crippen LogP contribution in [0.3, 0.4) is 0 Å². The molecule has 8 nitrogen and oxygen atoms in total. The number of benzene rings is 3. The van der Waals surface area contributed by atoms with Gasteiger partial charge in [-0.25, -0.2) is 0 Å². The van der Waals surface area contributed by atoms with Crippen molar-refractivity contribution in [2.75, 3.05) is 33.4 Å². The van der Waals surface area contributed by atoms with Crippen molar-refractivity contribution in [1.82, 2.24) is 10.2 Å². The van der Waals surface area contributed by atoms with Gasteiger partial charge in [-0.3, -0.25) is 9.59 Å². The fourth-order valence-corrected chi connectivity index (χ4v) is 5.96. The van der Waals surface area contributed by atoms with E-state index in [1.54, 1.807) is 30.2 Å². The molecule has 0 aliphatic carbocycles. The normalized spacial score (nSPS) is 16.6. The van der Waals surface area contributed by atoms with Gasteiger partial charge in [0.1, 0.15) is 12.4 Å². The Morgan fingerprint density at radius 1 is 1.15 bits per heavy atom. The number of amides is 2. The average molecular weight is 580 g/mol. The van der Waals surface area contributed by atoms with Crippen molar-refractivity contribution >= 4 is 23.4 Å². The van der Waals surface area contributed by atoms with E-state index in [2.05, 4.69) is 5.32 Å². The molecule has 1 heterocycles. The molecule has 0 spiro atoms. The highest BCUT2D eigenvalue weighted by molar-refractivity contribution is 6.33. The van der Waals surface area contributed by atoms with Gasteiger partial charge in [-0.2, -0.15) is 0 Å². The molecule has 5 N–H and O–H groups in total. The molecule has 0 bridgehead atoms. The standard InChI is InChI=1S/C32H38ClN3O5/c1-41-26-8-2-6-24(18-26)30-27(9-3-10-28(30)33)32(40,15-5-16-35-29(38)21-37)25-7-4-17-36(20-25)31(39)23-13-11-22(19-34)12-14-23/h2-3,6,8-14,18,25,37,40H,4-5,7,15-17,19-21,34H2,1H3,(H,35,38)/t25-,32+/m1/s1. The number of aliphatic hydroxyl groups excluding tert-OH is 1. The number of carbonyl (C=O) groups excluding carboxylic acids is 2. The lowest BCUT2D eigenvalue weighted by atomic mass is 9.72. The summed E-state index contributed by atoms with van der Waals surface area (Å²) < 4.78 is 5.45. The Hall–Kier alpha value is -3.43. The Morgan fingerprint density at radius 3 is 2.61 bits per heavy atom. The van der Waals surface area contributed by atoms with Crippen molar-refractivity contribution in [3.05, 3.63) is 88.4 Å². The van der Waals surface area contributed by atoms with Gasteiger partial charge in [-0.05, 0) is 72.7 Å². The van der Waals surface area contributed by atoms with Crippen LogP contribution in [0.15, 0.2) is 66.7 Å². The first kappa shape index (κ1) is 30.5. The second-order valence-corrected chi connectivity index (χ2v) is 10.8. The van der Waals surface area contributed by atoms with E-state index in [0.717, 1.165) is 17.5 Å². The van der Waals surface area contributed by atoms with E-state index in [1.807, 2.05) is 48.5 Å². The first-order valence-corrected chi connectivity index (χ1v) is 14.3. The molecule has 2 atom stereocenters. The number of hydrogen-bond donors (Lipinski definition) is 4. The minimum absolute atomic E-state index is 0.0880. The number of methoxy groups -OCH3 is 1. The molecule has 0 radical (unpaired) electrons. The van der Waals surface area contributed by atoms with E-state index >= 15 is 0 Å². The summed E-state index contributed by atoms with van der Waals surface area (Å²) in [6.07, 6.45) is 2.21. The number of nitrogens with zero attached hydrogens (tertiary/aromatic N) is 1. The third kappa shape index (κ3) is 7.08. The van der Waals surface area contributed by atoms with Crippen LogP contribution >= 0.6 is 11.6 Å². The van der Waals surface area contributed by atoms with Gasteiger partial charge in [-0.15, -0.1) is 0 Å². The molecular formula is C32H38ClN3O5. The maximum absolute atomic E-state index is 13.5. The maximum atomic E-state index is 13.5. The number of carbonyl (C=O) groups is 2. The van der Waals surface area contributed by atoms with E-state index < -0.39 is 18.1 Å². The minimum atomic E-state index is -1.37. The third-order valence-corrected chi connectivity index (χ3v) is 8.17. The Balaban J connectivity index is 1.70. The van der Waals surface area contributed by atoms with Crippen LogP contribution in [-0.2, 0) is 16.9 Å². The Labute approximate surface area is 246 Å². The fourth-order valence-electron chi connectivity index (χ4n) is 5.67. The number of ether oxygens (including phenoxy) is 1. The van der Waals surface area contributed by atoms with Crippen molar-refractivity contribution in [1.29, 1.82) is 0 Å². The summed E-state index contributed by atoms with van der Waals surface area (Å²) in [6, 6.07) is 20.3. The molecule has 1 aliphatic rings. The molecular weight excluding hydrogens is 542 g/mol. The minimum Gasteiger partial charge on any atom is -0.497 e. The van der Waals surface area contributed by atoms with Crippen molar-refractivity contribution in [2.24, 2.45) is 11.7 Å². The third-order valence-electron chi connectivity index (χ3n) is 7.86. The molecule has 41 heavy (non-hydrogen) atoms. The molecule has 0 saturated carbocycles. The van der Waals surface area contributed by atoms with E-state index in [1.165, 1.54) is 0 Å². The molecule has 2 amide bonds. The van der Waals surface area contributed by atoms with Crippen LogP contribution in [0.25, 0.3) is 11.1 Å². The SMILES string of the molecule is COc1cccc(-c2c(Cl)cccc2[C@](O)(CCCNC(=O)CO)[C@@H]2CCCN(C(=O)c3ccc(CN)cc3)C2)c1. The second-order valence-electron chi connectivity index (χ2n) is 10.4. The first-order valence-electron chi connectivity index (χ1n) is 13.9. The number of nitrogens with one attached hydrogen (secondary N) is 1. The number of halogens is 1. The summed E-state index contributed by atoms with van der Waals surface area (Å²) in [5.74, 6) is -0.183. The molecule has 3 aromatic carbocycles. The van der Waals surface area contributed by atoms with Gasteiger partial charge in [-0.1, -0.05) is 48.0 Å². The zero-order valence-corrected chi connectivity index (χ0v) is 24.1. The molecule has 1 aliphatic heterocycles. The Bertz CT molecular complexity index is 1350. The predicted molar refractivity (Wildman–Crippen MR) is 160 cm³/mol. The van der Waals surface area contributed by atoms with E-state index in [9.17, 15) is 14.7 Å². The fraction of sp³-hybridized carbons (Fsp3) is 0.375. The van der Waals surface area contributed by atoms with Crippen LogP contribution in [0.5, 0.6) is 5.75 Å². The molecule has 0 aromatic heterocycles. The molecule has 0 unspecified atom stereocenters. The van der Waals surface area contributed by atoms with Crippen LogP contribution in [0.2, 0.25) is 5.02 Å². The lowest BCUT2D eigenvalue weighted by molar-refractivity contribution is -0.123. The first-order chi connectivity index (χ1) is 19.8. The average Bonchev–Trinajstić information content (AvgIpc) is 3.02. The highest BCUT2D eigenvalue weighted by atomic mass is 35.5. The van der Waals surface area contributed by atoms with Gasteiger partial charge in [0, 0.05) is 48.2 Å². The molecule has 1 fully saturated rings.